The summed E-state index contributed by atoms with van der Waals surface area (Å²) >= 11 is 1.71. The molecule has 0 aliphatic heterocycles. The molecule has 1 heterocycles. The second-order valence-corrected chi connectivity index (χ2v) is 7.64. The third kappa shape index (κ3) is 3.21. The van der Waals surface area contributed by atoms with E-state index >= 15 is 0 Å². The van der Waals surface area contributed by atoms with Crippen molar-refractivity contribution < 1.29 is 9.32 Å². The molecule has 2 aromatic carbocycles. The predicted molar refractivity (Wildman–Crippen MR) is 104 cm³/mol. The predicted octanol–water partition coefficient (Wildman–Crippen LogP) is 5.40. The van der Waals surface area contributed by atoms with Crippen molar-refractivity contribution in [2.24, 2.45) is 0 Å². The zero-order valence-corrected chi connectivity index (χ0v) is 15.8. The number of carbonyl (C=O) groups excluding carboxylic acids is 1. The molecule has 1 aliphatic carbocycles. The van der Waals surface area contributed by atoms with E-state index in [-0.39, 0.29) is 5.78 Å². The highest BCUT2D eigenvalue weighted by Gasteiger charge is 2.33. The monoisotopic (exact) mass is 363 g/mol. The van der Waals surface area contributed by atoms with Crippen LogP contribution in [-0.2, 0) is 6.42 Å². The molecule has 0 atom stereocenters. The first-order valence-electron chi connectivity index (χ1n) is 8.88. The Morgan fingerprint density at radius 1 is 1.15 bits per heavy atom. The van der Waals surface area contributed by atoms with Gasteiger partial charge in [0.25, 0.3) is 0 Å². The van der Waals surface area contributed by atoms with Gasteiger partial charge in [-0.25, -0.2) is 0 Å². The Hall–Kier alpha value is -2.33. The van der Waals surface area contributed by atoms with Crippen molar-refractivity contribution in [3.8, 4) is 0 Å². The molecule has 132 valence electrons. The minimum Gasteiger partial charge on any atom is -0.360 e. The van der Waals surface area contributed by atoms with E-state index in [0.717, 1.165) is 36.1 Å². The van der Waals surface area contributed by atoms with Crippen LogP contribution >= 0.6 is 11.8 Å². The zero-order valence-electron chi connectivity index (χ0n) is 15.0. The Kier molecular flexibility index (Phi) is 4.68. The van der Waals surface area contributed by atoms with Gasteiger partial charge in [-0.1, -0.05) is 35.5 Å². The molecule has 1 aliphatic rings. The second kappa shape index (κ2) is 7.12. The Bertz CT molecular complexity index is 942. The highest BCUT2D eigenvalue weighted by molar-refractivity contribution is 7.98. The molecule has 3 nitrogen and oxygen atoms in total. The van der Waals surface area contributed by atoms with Gasteiger partial charge in [0.1, 0.15) is 0 Å². The molecular weight excluding hydrogens is 342 g/mol. The van der Waals surface area contributed by atoms with Crippen molar-refractivity contribution >= 4 is 17.5 Å². The first kappa shape index (κ1) is 17.1. The average Bonchev–Trinajstić information content (AvgIpc) is 3.40. The normalized spacial score (nSPS) is 13.8. The number of benzene rings is 2. The average molecular weight is 363 g/mol. The number of nitrogens with zero attached hydrogens (tertiary/aromatic N) is 1. The maximum Gasteiger partial charge on any atom is 0.198 e. The molecule has 1 saturated carbocycles. The topological polar surface area (TPSA) is 43.1 Å². The molecular formula is C22H21NO2S. The van der Waals surface area contributed by atoms with E-state index in [2.05, 4.69) is 30.5 Å². The summed E-state index contributed by atoms with van der Waals surface area (Å²) in [5.41, 5.74) is 4.86. The van der Waals surface area contributed by atoms with Crippen LogP contribution in [0.2, 0.25) is 0 Å². The number of carbonyl (C=O) groups is 1. The quantitative estimate of drug-likeness (QED) is 0.434. The van der Waals surface area contributed by atoms with Crippen LogP contribution in [0.1, 0.15) is 57.1 Å². The lowest BCUT2D eigenvalue weighted by Crippen LogP contribution is -2.09. The first-order valence-corrected chi connectivity index (χ1v) is 10.1. The summed E-state index contributed by atoms with van der Waals surface area (Å²) in [6, 6.07) is 14.3. The van der Waals surface area contributed by atoms with Crippen molar-refractivity contribution in [2.75, 3.05) is 6.26 Å². The molecule has 0 saturated heterocycles. The minimum absolute atomic E-state index is 0.0230. The van der Waals surface area contributed by atoms with Crippen molar-refractivity contribution in [2.45, 2.75) is 37.0 Å². The van der Waals surface area contributed by atoms with Crippen LogP contribution in [0.15, 0.2) is 58.1 Å². The fourth-order valence-corrected chi connectivity index (χ4v) is 4.03. The van der Waals surface area contributed by atoms with Gasteiger partial charge in [0.2, 0.25) is 0 Å². The number of hydrogen-bond donors (Lipinski definition) is 0. The third-order valence-electron chi connectivity index (χ3n) is 5.03. The number of thioether (sulfide) groups is 1. The molecule has 3 aromatic rings. The van der Waals surface area contributed by atoms with Crippen LogP contribution in [0.4, 0.5) is 0 Å². The summed E-state index contributed by atoms with van der Waals surface area (Å²) in [5, 5.41) is 3.90. The second-order valence-electron chi connectivity index (χ2n) is 6.79. The molecule has 26 heavy (non-hydrogen) atoms. The fourth-order valence-electron chi connectivity index (χ4n) is 3.40. The van der Waals surface area contributed by atoms with Crippen LogP contribution in [0.25, 0.3) is 0 Å². The Morgan fingerprint density at radius 2 is 1.92 bits per heavy atom. The lowest BCUT2D eigenvalue weighted by atomic mass is 9.91. The van der Waals surface area contributed by atoms with Gasteiger partial charge in [-0.15, -0.1) is 11.8 Å². The van der Waals surface area contributed by atoms with Gasteiger partial charge in [0.15, 0.2) is 11.5 Å². The Morgan fingerprint density at radius 3 is 2.62 bits per heavy atom. The summed E-state index contributed by atoms with van der Waals surface area (Å²) in [6.45, 7) is 2.11. The molecule has 0 spiro atoms. The largest absolute Gasteiger partial charge is 0.360 e. The van der Waals surface area contributed by atoms with E-state index in [1.54, 1.807) is 18.0 Å². The van der Waals surface area contributed by atoms with Crippen LogP contribution < -0.4 is 0 Å². The first-order chi connectivity index (χ1) is 12.7. The van der Waals surface area contributed by atoms with Crippen molar-refractivity contribution in [3.05, 3.63) is 82.2 Å². The molecule has 1 aromatic heterocycles. The van der Waals surface area contributed by atoms with Gasteiger partial charge >= 0.3 is 0 Å². The maximum absolute atomic E-state index is 13.3. The number of aromatic nitrogens is 1. The van der Waals surface area contributed by atoms with E-state index in [1.807, 2.05) is 30.3 Å². The van der Waals surface area contributed by atoms with E-state index in [4.69, 9.17) is 4.52 Å². The van der Waals surface area contributed by atoms with E-state index in [0.29, 0.717) is 11.5 Å². The molecule has 1 fully saturated rings. The third-order valence-corrected chi connectivity index (χ3v) is 5.91. The lowest BCUT2D eigenvalue weighted by Gasteiger charge is -2.15. The van der Waals surface area contributed by atoms with Gasteiger partial charge in [-0.05, 0) is 61.3 Å². The molecule has 0 unspecified atom stereocenters. The smallest absolute Gasteiger partial charge is 0.198 e. The van der Waals surface area contributed by atoms with Gasteiger partial charge in [0.05, 0.1) is 11.8 Å². The summed E-state index contributed by atoms with van der Waals surface area (Å²) < 4.78 is 5.39. The Labute approximate surface area is 157 Å². The number of hydrogen-bond acceptors (Lipinski definition) is 4. The molecule has 4 heteroatoms. The fraction of sp³-hybridized carbons (Fsp3) is 0.273. The summed E-state index contributed by atoms with van der Waals surface area (Å²) in [6.07, 6.45) is 6.56. The summed E-state index contributed by atoms with van der Waals surface area (Å²) in [7, 11) is 0. The standard InChI is InChI=1S/C22H21NO2S/c1-14-18(12-15-6-4-3-5-7-15)17(10-11-20(14)26-2)21(24)19-13-23-25-22(19)16-8-9-16/h3-7,10-11,13,16H,8-9,12H2,1-2H3. The maximum atomic E-state index is 13.3. The summed E-state index contributed by atoms with van der Waals surface area (Å²) in [5.74, 6) is 1.14. The Balaban J connectivity index is 1.78. The van der Waals surface area contributed by atoms with E-state index in [9.17, 15) is 4.79 Å². The van der Waals surface area contributed by atoms with Crippen LogP contribution in [0.3, 0.4) is 0 Å². The molecule has 4 rings (SSSR count). The molecule has 0 amide bonds. The SMILES string of the molecule is CSc1ccc(C(=O)c2cnoc2C2CC2)c(Cc2ccccc2)c1C. The van der Waals surface area contributed by atoms with E-state index < -0.39 is 0 Å². The lowest BCUT2D eigenvalue weighted by molar-refractivity contribution is 0.103. The highest BCUT2D eigenvalue weighted by atomic mass is 32.2. The van der Waals surface area contributed by atoms with Crippen LogP contribution in [0, 0.1) is 6.92 Å². The van der Waals surface area contributed by atoms with Gasteiger partial charge in [-0.3, -0.25) is 4.79 Å². The van der Waals surface area contributed by atoms with Crippen LogP contribution in [-0.4, -0.2) is 17.2 Å². The van der Waals surface area contributed by atoms with Crippen molar-refractivity contribution in [1.82, 2.24) is 5.16 Å². The van der Waals surface area contributed by atoms with Gasteiger partial charge in [0, 0.05) is 16.4 Å². The van der Waals surface area contributed by atoms with Crippen molar-refractivity contribution in [1.29, 1.82) is 0 Å². The molecule has 0 radical (unpaired) electrons. The van der Waals surface area contributed by atoms with Crippen LogP contribution in [0.5, 0.6) is 0 Å². The number of rotatable bonds is 6. The highest BCUT2D eigenvalue weighted by Crippen LogP contribution is 2.42. The van der Waals surface area contributed by atoms with Gasteiger partial charge < -0.3 is 4.52 Å². The number of ketones is 1. The minimum atomic E-state index is 0.0230. The summed E-state index contributed by atoms with van der Waals surface area (Å²) in [4.78, 5) is 14.5. The van der Waals surface area contributed by atoms with E-state index in [1.165, 1.54) is 16.0 Å². The van der Waals surface area contributed by atoms with Gasteiger partial charge in [-0.2, -0.15) is 0 Å². The molecule has 0 bridgehead atoms. The van der Waals surface area contributed by atoms with Crippen molar-refractivity contribution in [3.63, 3.8) is 0 Å². The zero-order chi connectivity index (χ0) is 18.1. The molecule has 0 N–H and O–H groups in total.